The summed E-state index contributed by atoms with van der Waals surface area (Å²) in [6.45, 7) is 3.43. The van der Waals surface area contributed by atoms with Gasteiger partial charge in [0.1, 0.15) is 5.82 Å². The Bertz CT molecular complexity index is 796. The van der Waals surface area contributed by atoms with Crippen molar-refractivity contribution in [3.8, 4) is 0 Å². The van der Waals surface area contributed by atoms with Gasteiger partial charge in [-0.05, 0) is 43.9 Å². The third-order valence-corrected chi connectivity index (χ3v) is 5.49. The highest BCUT2D eigenvalue weighted by atomic mass is 32.2. The molecular formula is C17H23FN2O5S. The molecule has 7 nitrogen and oxygen atoms in total. The fourth-order valence-electron chi connectivity index (χ4n) is 2.95. The Morgan fingerprint density at radius 3 is 2.58 bits per heavy atom. The summed E-state index contributed by atoms with van der Waals surface area (Å²) in [6.07, 6.45) is 2.88. The fourth-order valence-corrected chi connectivity index (χ4v) is 3.49. The van der Waals surface area contributed by atoms with E-state index in [1.165, 1.54) is 6.92 Å². The van der Waals surface area contributed by atoms with E-state index in [-0.39, 0.29) is 6.04 Å². The topological polar surface area (TPSA) is 116 Å². The van der Waals surface area contributed by atoms with Crippen molar-refractivity contribution in [2.45, 2.75) is 56.6 Å². The SMILES string of the molecule is C[C@@H](OC(=O)c1cc(S(N)(=O)=O)ccc1F)C(=O)N[C@@H]1CCCC[C@@H]1C. The molecule has 26 heavy (non-hydrogen) atoms. The number of hydrogen-bond acceptors (Lipinski definition) is 5. The lowest BCUT2D eigenvalue weighted by Crippen LogP contribution is -2.46. The average Bonchev–Trinajstić information content (AvgIpc) is 2.56. The molecule has 0 radical (unpaired) electrons. The first-order chi connectivity index (χ1) is 12.1. The largest absolute Gasteiger partial charge is 0.449 e. The number of ether oxygens (including phenoxy) is 1. The van der Waals surface area contributed by atoms with Crippen LogP contribution in [0.3, 0.4) is 0 Å². The van der Waals surface area contributed by atoms with E-state index < -0.39 is 44.3 Å². The molecule has 0 spiro atoms. The molecule has 0 bridgehead atoms. The van der Waals surface area contributed by atoms with Gasteiger partial charge in [0, 0.05) is 6.04 Å². The average molecular weight is 386 g/mol. The highest BCUT2D eigenvalue weighted by molar-refractivity contribution is 7.89. The molecule has 1 aliphatic rings. The van der Waals surface area contributed by atoms with E-state index >= 15 is 0 Å². The number of benzene rings is 1. The van der Waals surface area contributed by atoms with Crippen molar-refractivity contribution in [3.63, 3.8) is 0 Å². The predicted molar refractivity (Wildman–Crippen MR) is 92.2 cm³/mol. The van der Waals surface area contributed by atoms with E-state index in [1.54, 1.807) is 0 Å². The fraction of sp³-hybridized carbons (Fsp3) is 0.529. The van der Waals surface area contributed by atoms with E-state index in [1.807, 2.05) is 0 Å². The lowest BCUT2D eigenvalue weighted by atomic mass is 9.86. The summed E-state index contributed by atoms with van der Waals surface area (Å²) in [5, 5.41) is 7.83. The number of sulfonamides is 1. The lowest BCUT2D eigenvalue weighted by Gasteiger charge is -2.30. The van der Waals surface area contributed by atoms with Crippen LogP contribution in [0.15, 0.2) is 23.1 Å². The van der Waals surface area contributed by atoms with Gasteiger partial charge in [-0.1, -0.05) is 19.8 Å². The van der Waals surface area contributed by atoms with Crippen LogP contribution in [0.25, 0.3) is 0 Å². The van der Waals surface area contributed by atoms with Crippen LogP contribution in [0.2, 0.25) is 0 Å². The third-order valence-electron chi connectivity index (χ3n) is 4.58. The number of nitrogens with one attached hydrogen (secondary N) is 1. The minimum absolute atomic E-state index is 0.0137. The summed E-state index contributed by atoms with van der Waals surface area (Å²) in [7, 11) is -4.10. The van der Waals surface area contributed by atoms with E-state index in [2.05, 4.69) is 12.2 Å². The minimum Gasteiger partial charge on any atom is -0.449 e. The zero-order valence-electron chi connectivity index (χ0n) is 14.7. The van der Waals surface area contributed by atoms with Crippen molar-refractivity contribution >= 4 is 21.9 Å². The monoisotopic (exact) mass is 386 g/mol. The van der Waals surface area contributed by atoms with Crippen LogP contribution in [-0.4, -0.2) is 32.4 Å². The number of esters is 1. The van der Waals surface area contributed by atoms with E-state index in [4.69, 9.17) is 9.88 Å². The maximum atomic E-state index is 13.8. The van der Waals surface area contributed by atoms with Crippen LogP contribution in [0.1, 0.15) is 49.9 Å². The van der Waals surface area contributed by atoms with Crippen molar-refractivity contribution in [1.29, 1.82) is 0 Å². The van der Waals surface area contributed by atoms with Crippen LogP contribution in [-0.2, 0) is 19.6 Å². The normalized spacial score (nSPS) is 21.7. The molecule has 3 atom stereocenters. The Labute approximate surface area is 152 Å². The third kappa shape index (κ3) is 5.01. The second-order valence-corrected chi connectivity index (χ2v) is 8.17. The molecule has 1 fully saturated rings. The van der Waals surface area contributed by atoms with Crippen LogP contribution in [0.4, 0.5) is 4.39 Å². The van der Waals surface area contributed by atoms with Crippen molar-refractivity contribution in [2.24, 2.45) is 11.1 Å². The van der Waals surface area contributed by atoms with E-state index in [0.717, 1.165) is 43.9 Å². The van der Waals surface area contributed by atoms with E-state index in [9.17, 15) is 22.4 Å². The molecular weight excluding hydrogens is 363 g/mol. The van der Waals surface area contributed by atoms with Gasteiger partial charge in [0.05, 0.1) is 10.5 Å². The maximum Gasteiger partial charge on any atom is 0.341 e. The molecule has 3 N–H and O–H groups in total. The summed E-state index contributed by atoms with van der Waals surface area (Å²) >= 11 is 0. The number of nitrogens with two attached hydrogens (primary N) is 1. The first-order valence-corrected chi connectivity index (χ1v) is 9.98. The Hall–Kier alpha value is -2.00. The summed E-state index contributed by atoms with van der Waals surface area (Å²) in [6, 6.07) is 2.56. The number of amides is 1. The molecule has 0 aromatic heterocycles. The molecule has 9 heteroatoms. The molecule has 144 valence electrons. The standard InChI is InChI=1S/C17H23FN2O5S/c1-10-5-3-4-6-15(10)20-16(21)11(2)25-17(22)13-9-12(26(19,23)24)7-8-14(13)18/h7-11,15H,3-6H2,1-2H3,(H,20,21)(H2,19,23,24)/t10-,11+,15+/m0/s1. The van der Waals surface area contributed by atoms with Crippen molar-refractivity contribution in [3.05, 3.63) is 29.6 Å². The molecule has 1 aromatic rings. The van der Waals surface area contributed by atoms with Crippen molar-refractivity contribution in [2.75, 3.05) is 0 Å². The zero-order valence-corrected chi connectivity index (χ0v) is 15.5. The quantitative estimate of drug-likeness (QED) is 0.748. The Morgan fingerprint density at radius 1 is 1.31 bits per heavy atom. The van der Waals surface area contributed by atoms with Crippen LogP contribution in [0, 0.1) is 11.7 Å². The van der Waals surface area contributed by atoms with Crippen molar-refractivity contribution in [1.82, 2.24) is 5.32 Å². The summed E-state index contributed by atoms with van der Waals surface area (Å²) in [4.78, 5) is 24.0. The molecule has 1 aliphatic carbocycles. The van der Waals surface area contributed by atoms with Gasteiger partial charge < -0.3 is 10.1 Å². The van der Waals surface area contributed by atoms with Gasteiger partial charge in [0.2, 0.25) is 10.0 Å². The molecule has 1 amide bonds. The maximum absolute atomic E-state index is 13.8. The number of halogens is 1. The highest BCUT2D eigenvalue weighted by Gasteiger charge is 2.27. The molecule has 1 saturated carbocycles. The lowest BCUT2D eigenvalue weighted by molar-refractivity contribution is -0.130. The van der Waals surface area contributed by atoms with Crippen LogP contribution < -0.4 is 10.5 Å². The molecule has 0 heterocycles. The van der Waals surface area contributed by atoms with Crippen LogP contribution in [0.5, 0.6) is 0 Å². The number of hydrogen-bond donors (Lipinski definition) is 2. The molecule has 1 aromatic carbocycles. The Morgan fingerprint density at radius 2 is 1.96 bits per heavy atom. The van der Waals surface area contributed by atoms with Crippen LogP contribution >= 0.6 is 0 Å². The van der Waals surface area contributed by atoms with Gasteiger partial charge in [0.15, 0.2) is 6.10 Å². The zero-order chi connectivity index (χ0) is 19.5. The summed E-state index contributed by atoms with van der Waals surface area (Å²) < 4.78 is 41.5. The first kappa shape index (κ1) is 20.3. The van der Waals surface area contributed by atoms with Crippen molar-refractivity contribution < 1.29 is 27.1 Å². The Balaban J connectivity index is 2.05. The van der Waals surface area contributed by atoms with Gasteiger partial charge in [-0.15, -0.1) is 0 Å². The number of primary sulfonamides is 1. The van der Waals surface area contributed by atoms with Gasteiger partial charge in [0.25, 0.3) is 5.91 Å². The predicted octanol–water partition coefficient (Wildman–Crippen LogP) is 1.71. The first-order valence-electron chi connectivity index (χ1n) is 8.43. The second kappa shape index (κ2) is 8.13. The number of carbonyl (C=O) groups is 2. The van der Waals surface area contributed by atoms with Gasteiger partial charge in [-0.25, -0.2) is 22.7 Å². The number of rotatable bonds is 5. The number of carbonyl (C=O) groups excluding carboxylic acids is 2. The summed E-state index contributed by atoms with van der Waals surface area (Å²) in [5.74, 6) is -2.23. The minimum atomic E-state index is -4.10. The Kier molecular flexibility index (Phi) is 6.35. The van der Waals surface area contributed by atoms with Gasteiger partial charge in [-0.2, -0.15) is 0 Å². The highest BCUT2D eigenvalue weighted by Crippen LogP contribution is 2.24. The second-order valence-electron chi connectivity index (χ2n) is 6.61. The molecule has 0 unspecified atom stereocenters. The van der Waals surface area contributed by atoms with E-state index in [0.29, 0.717) is 5.92 Å². The smallest absolute Gasteiger partial charge is 0.341 e. The van der Waals surface area contributed by atoms with Gasteiger partial charge >= 0.3 is 5.97 Å². The summed E-state index contributed by atoms with van der Waals surface area (Å²) in [5.41, 5.74) is -0.595. The molecule has 2 rings (SSSR count). The van der Waals surface area contributed by atoms with Gasteiger partial charge in [-0.3, -0.25) is 4.79 Å². The molecule has 0 aliphatic heterocycles. The molecule has 0 saturated heterocycles.